The number of nitrogens with one attached hydrogen (secondary N) is 2. The van der Waals surface area contributed by atoms with Crippen LogP contribution in [0.2, 0.25) is 0 Å². The molecular weight excluding hydrogens is 467 g/mol. The molecular formula is C29H25FN6O. The van der Waals surface area contributed by atoms with Crippen LogP contribution in [0.5, 0.6) is 5.75 Å². The molecule has 8 heteroatoms. The number of nitrogens with zero attached hydrogens (tertiary/aromatic N) is 4. The van der Waals surface area contributed by atoms with Crippen molar-refractivity contribution >= 4 is 21.8 Å². The highest BCUT2D eigenvalue weighted by molar-refractivity contribution is 6.01. The third-order valence-electron chi connectivity index (χ3n) is 6.32. The van der Waals surface area contributed by atoms with Crippen LogP contribution in [-0.4, -0.2) is 57.3 Å². The van der Waals surface area contributed by atoms with Gasteiger partial charge in [0.2, 0.25) is 0 Å². The van der Waals surface area contributed by atoms with E-state index in [2.05, 4.69) is 36.1 Å². The molecule has 37 heavy (non-hydrogen) atoms. The molecule has 0 saturated carbocycles. The number of ether oxygens (including phenoxy) is 1. The second-order valence-electron chi connectivity index (χ2n) is 9.21. The summed E-state index contributed by atoms with van der Waals surface area (Å²) in [6.45, 7) is 1.40. The van der Waals surface area contributed by atoms with Crippen LogP contribution in [-0.2, 0) is 0 Å². The Morgan fingerprint density at radius 2 is 1.78 bits per heavy atom. The first-order valence-corrected chi connectivity index (χ1v) is 12.0. The van der Waals surface area contributed by atoms with E-state index in [1.54, 1.807) is 30.7 Å². The Morgan fingerprint density at radius 3 is 2.65 bits per heavy atom. The molecule has 6 aromatic rings. The third-order valence-corrected chi connectivity index (χ3v) is 6.32. The molecule has 4 aromatic heterocycles. The van der Waals surface area contributed by atoms with Crippen LogP contribution in [0.4, 0.5) is 4.39 Å². The minimum absolute atomic E-state index is 0.259. The third kappa shape index (κ3) is 4.54. The second-order valence-corrected chi connectivity index (χ2v) is 9.21. The van der Waals surface area contributed by atoms with Gasteiger partial charge in [-0.2, -0.15) is 5.10 Å². The fourth-order valence-corrected chi connectivity index (χ4v) is 4.45. The van der Waals surface area contributed by atoms with E-state index in [4.69, 9.17) is 4.74 Å². The lowest BCUT2D eigenvalue weighted by atomic mass is 10.0. The summed E-state index contributed by atoms with van der Waals surface area (Å²) in [7, 11) is 4.02. The average molecular weight is 493 g/mol. The molecule has 0 bridgehead atoms. The van der Waals surface area contributed by atoms with Crippen molar-refractivity contribution in [3.63, 3.8) is 0 Å². The van der Waals surface area contributed by atoms with Gasteiger partial charge in [0.05, 0.1) is 29.3 Å². The number of fused-ring (bicyclic) bond motifs is 2. The van der Waals surface area contributed by atoms with Gasteiger partial charge < -0.3 is 14.6 Å². The van der Waals surface area contributed by atoms with Crippen LogP contribution in [0.15, 0.2) is 79.3 Å². The number of likely N-dealkylation sites (N-methyl/N-ethyl adjacent to an activating group) is 1. The summed E-state index contributed by atoms with van der Waals surface area (Å²) < 4.78 is 19.8. The Kier molecular flexibility index (Phi) is 5.86. The van der Waals surface area contributed by atoms with Crippen molar-refractivity contribution in [2.45, 2.75) is 0 Å². The predicted molar refractivity (Wildman–Crippen MR) is 144 cm³/mol. The van der Waals surface area contributed by atoms with Gasteiger partial charge >= 0.3 is 0 Å². The van der Waals surface area contributed by atoms with Gasteiger partial charge in [-0.3, -0.25) is 15.1 Å². The molecule has 0 aliphatic heterocycles. The summed E-state index contributed by atoms with van der Waals surface area (Å²) in [4.78, 5) is 14.5. The molecule has 0 aliphatic carbocycles. The zero-order valence-corrected chi connectivity index (χ0v) is 20.5. The van der Waals surface area contributed by atoms with E-state index in [0.717, 1.165) is 62.1 Å². The number of hydrogen-bond donors (Lipinski definition) is 2. The highest BCUT2D eigenvalue weighted by Gasteiger charge is 2.15. The molecule has 4 heterocycles. The predicted octanol–water partition coefficient (Wildman–Crippen LogP) is 5.91. The fraction of sp³-hybridized carbons (Fsp3) is 0.138. The Balaban J connectivity index is 1.38. The van der Waals surface area contributed by atoms with E-state index in [0.29, 0.717) is 12.4 Å². The van der Waals surface area contributed by atoms with Crippen molar-refractivity contribution in [3.05, 3.63) is 85.1 Å². The number of hydrogen-bond acceptors (Lipinski definition) is 5. The van der Waals surface area contributed by atoms with Crippen molar-refractivity contribution < 1.29 is 9.13 Å². The minimum Gasteiger partial charge on any atom is -0.491 e. The van der Waals surface area contributed by atoms with Gasteiger partial charge in [-0.1, -0.05) is 24.3 Å². The van der Waals surface area contributed by atoms with Gasteiger partial charge in [-0.25, -0.2) is 4.39 Å². The quantitative estimate of drug-likeness (QED) is 0.289. The number of aromatic amines is 2. The van der Waals surface area contributed by atoms with Crippen LogP contribution >= 0.6 is 0 Å². The molecule has 0 radical (unpaired) electrons. The van der Waals surface area contributed by atoms with Crippen LogP contribution in [0.3, 0.4) is 0 Å². The summed E-state index contributed by atoms with van der Waals surface area (Å²) in [6.07, 6.45) is 5.27. The smallest absolute Gasteiger partial charge is 0.138 e. The summed E-state index contributed by atoms with van der Waals surface area (Å²) >= 11 is 0. The van der Waals surface area contributed by atoms with Gasteiger partial charge in [-0.05, 0) is 61.6 Å². The average Bonchev–Trinajstić information content (AvgIpc) is 3.52. The standard InChI is InChI=1S/C29H25FN6O/c1-36(2)9-10-37-21-12-19(15-31-16-21)26-14-24-28(17-32-26)34-35-29(24)27-13-23-22(7-4-8-25(23)33-27)18-5-3-6-20(30)11-18/h3-8,11-17,33H,9-10H2,1-2H3,(H,34,35). The van der Waals surface area contributed by atoms with Crippen molar-refractivity contribution in [3.8, 4) is 39.5 Å². The summed E-state index contributed by atoms with van der Waals surface area (Å²) in [5.41, 5.74) is 6.85. The maximum Gasteiger partial charge on any atom is 0.138 e. The molecule has 7 nitrogen and oxygen atoms in total. The van der Waals surface area contributed by atoms with Gasteiger partial charge in [0.15, 0.2) is 0 Å². The molecule has 0 saturated heterocycles. The van der Waals surface area contributed by atoms with Gasteiger partial charge in [0.1, 0.15) is 23.9 Å². The van der Waals surface area contributed by atoms with Gasteiger partial charge in [-0.15, -0.1) is 0 Å². The van der Waals surface area contributed by atoms with E-state index < -0.39 is 0 Å². The highest BCUT2D eigenvalue weighted by atomic mass is 19.1. The molecule has 2 N–H and O–H groups in total. The topological polar surface area (TPSA) is 82.7 Å². The lowest BCUT2D eigenvalue weighted by molar-refractivity contribution is 0.261. The molecule has 0 fully saturated rings. The first kappa shape index (κ1) is 22.9. The fourth-order valence-electron chi connectivity index (χ4n) is 4.45. The van der Waals surface area contributed by atoms with Gasteiger partial charge in [0, 0.05) is 34.6 Å². The highest BCUT2D eigenvalue weighted by Crippen LogP contribution is 2.35. The van der Waals surface area contributed by atoms with E-state index in [1.165, 1.54) is 6.07 Å². The number of halogens is 1. The summed E-state index contributed by atoms with van der Waals surface area (Å²) in [5, 5.41) is 9.61. The summed E-state index contributed by atoms with van der Waals surface area (Å²) in [6, 6.07) is 18.6. The Labute approximate surface area is 213 Å². The maximum absolute atomic E-state index is 13.9. The Hall–Kier alpha value is -4.56. The molecule has 2 aromatic carbocycles. The van der Waals surface area contributed by atoms with Crippen molar-refractivity contribution in [2.24, 2.45) is 0 Å². The van der Waals surface area contributed by atoms with Crippen molar-refractivity contribution in [2.75, 3.05) is 27.2 Å². The van der Waals surface area contributed by atoms with Crippen LogP contribution in [0, 0.1) is 5.82 Å². The zero-order valence-electron chi connectivity index (χ0n) is 20.5. The van der Waals surface area contributed by atoms with Crippen LogP contribution in [0.1, 0.15) is 0 Å². The zero-order chi connectivity index (χ0) is 25.4. The summed E-state index contributed by atoms with van der Waals surface area (Å²) in [5.74, 6) is 0.444. The molecule has 0 amide bonds. The molecule has 0 spiro atoms. The van der Waals surface area contributed by atoms with Gasteiger partial charge in [0.25, 0.3) is 0 Å². The molecule has 6 rings (SSSR count). The monoisotopic (exact) mass is 492 g/mol. The number of pyridine rings is 2. The molecule has 0 atom stereocenters. The number of H-pyrrole nitrogens is 2. The van der Waals surface area contributed by atoms with Crippen LogP contribution in [0.25, 0.3) is 55.6 Å². The van der Waals surface area contributed by atoms with Crippen LogP contribution < -0.4 is 4.74 Å². The van der Waals surface area contributed by atoms with E-state index in [9.17, 15) is 4.39 Å². The maximum atomic E-state index is 13.9. The molecule has 0 aliphatic rings. The number of rotatable bonds is 7. The van der Waals surface area contributed by atoms with E-state index in [1.807, 2.05) is 50.5 Å². The molecule has 184 valence electrons. The lowest BCUT2D eigenvalue weighted by Crippen LogP contribution is -2.19. The Bertz CT molecular complexity index is 1720. The lowest BCUT2D eigenvalue weighted by Gasteiger charge is -2.11. The van der Waals surface area contributed by atoms with E-state index >= 15 is 0 Å². The first-order chi connectivity index (χ1) is 18.0. The number of aromatic nitrogens is 5. The SMILES string of the molecule is CN(C)CCOc1cncc(-c2cc3c(-c4cc5c(-c6cccc(F)c6)cccc5[nH]4)n[nH]c3cn2)c1. The van der Waals surface area contributed by atoms with E-state index in [-0.39, 0.29) is 5.82 Å². The Morgan fingerprint density at radius 1 is 0.892 bits per heavy atom. The normalized spacial score (nSPS) is 11.6. The molecule has 0 unspecified atom stereocenters. The first-order valence-electron chi connectivity index (χ1n) is 12.0. The van der Waals surface area contributed by atoms with Crippen molar-refractivity contribution in [1.82, 2.24) is 30.0 Å². The second kappa shape index (κ2) is 9.48. The number of benzene rings is 2. The van der Waals surface area contributed by atoms with Crippen molar-refractivity contribution in [1.29, 1.82) is 0 Å². The largest absolute Gasteiger partial charge is 0.491 e. The minimum atomic E-state index is -0.259.